The molecule has 0 saturated carbocycles. The molecule has 0 aliphatic rings. The molecule has 0 saturated heterocycles. The SMILES string of the molecule is CC(C)(CNc1c(Br)cncc1[N+](=O)[O-])C(=O)O. The van der Waals surface area contributed by atoms with Crippen LogP contribution in [0.5, 0.6) is 0 Å². The average molecular weight is 318 g/mol. The van der Waals surface area contributed by atoms with Crippen molar-refractivity contribution in [2.24, 2.45) is 5.41 Å². The van der Waals surface area contributed by atoms with Crippen LogP contribution in [0.4, 0.5) is 11.4 Å². The van der Waals surface area contributed by atoms with Crippen LogP contribution >= 0.6 is 15.9 Å². The maximum absolute atomic E-state index is 10.9. The maximum Gasteiger partial charge on any atom is 0.311 e. The molecule has 0 aliphatic carbocycles. The van der Waals surface area contributed by atoms with Crippen molar-refractivity contribution in [1.82, 2.24) is 4.98 Å². The molecule has 18 heavy (non-hydrogen) atoms. The van der Waals surface area contributed by atoms with Gasteiger partial charge in [0.2, 0.25) is 0 Å². The summed E-state index contributed by atoms with van der Waals surface area (Å²) < 4.78 is 0.415. The Morgan fingerprint density at radius 1 is 1.61 bits per heavy atom. The number of carbonyl (C=O) groups is 1. The standard InChI is InChI=1S/C10H12BrN3O4/c1-10(2,9(15)16)5-13-8-6(11)3-12-4-7(8)14(17)18/h3-4H,5H2,1-2H3,(H,12,13)(H,15,16). The number of aromatic nitrogens is 1. The van der Waals surface area contributed by atoms with E-state index in [0.29, 0.717) is 4.47 Å². The zero-order valence-corrected chi connectivity index (χ0v) is 11.4. The highest BCUT2D eigenvalue weighted by atomic mass is 79.9. The van der Waals surface area contributed by atoms with Crippen molar-refractivity contribution in [2.75, 3.05) is 11.9 Å². The number of aliphatic carboxylic acids is 1. The Balaban J connectivity index is 2.98. The molecule has 1 heterocycles. The van der Waals surface area contributed by atoms with Crippen LogP contribution in [0, 0.1) is 15.5 Å². The number of nitro groups is 1. The largest absolute Gasteiger partial charge is 0.481 e. The van der Waals surface area contributed by atoms with E-state index in [0.717, 1.165) is 6.20 Å². The molecule has 0 atom stereocenters. The second-order valence-corrected chi connectivity index (χ2v) is 5.17. The summed E-state index contributed by atoms with van der Waals surface area (Å²) in [7, 11) is 0. The molecule has 2 N–H and O–H groups in total. The Labute approximate surface area is 112 Å². The quantitative estimate of drug-likeness (QED) is 0.637. The lowest BCUT2D eigenvalue weighted by Crippen LogP contribution is -2.32. The molecular formula is C10H12BrN3O4. The molecule has 0 radical (unpaired) electrons. The second-order valence-electron chi connectivity index (χ2n) is 4.32. The van der Waals surface area contributed by atoms with Gasteiger partial charge in [0.15, 0.2) is 0 Å². The summed E-state index contributed by atoms with van der Waals surface area (Å²) in [6, 6.07) is 0. The fraction of sp³-hybridized carbons (Fsp3) is 0.400. The van der Waals surface area contributed by atoms with Crippen molar-refractivity contribution in [1.29, 1.82) is 0 Å². The molecule has 0 aliphatic heterocycles. The Bertz CT molecular complexity index is 490. The molecule has 1 aromatic rings. The number of anilines is 1. The molecule has 1 aromatic heterocycles. The van der Waals surface area contributed by atoms with Crippen LogP contribution in [0.3, 0.4) is 0 Å². The van der Waals surface area contributed by atoms with Gasteiger partial charge in [-0.2, -0.15) is 0 Å². The number of carboxylic acids is 1. The summed E-state index contributed by atoms with van der Waals surface area (Å²) in [4.78, 5) is 24.9. The lowest BCUT2D eigenvalue weighted by molar-refractivity contribution is -0.384. The summed E-state index contributed by atoms with van der Waals surface area (Å²) >= 11 is 3.14. The van der Waals surface area contributed by atoms with Gasteiger partial charge in [-0.05, 0) is 29.8 Å². The van der Waals surface area contributed by atoms with E-state index in [1.165, 1.54) is 20.0 Å². The summed E-state index contributed by atoms with van der Waals surface area (Å²) in [6.07, 6.45) is 2.52. The minimum absolute atomic E-state index is 0.0613. The Kier molecular flexibility index (Phi) is 4.23. The summed E-state index contributed by atoms with van der Waals surface area (Å²) in [5, 5.41) is 22.6. The Morgan fingerprint density at radius 3 is 2.72 bits per heavy atom. The highest BCUT2D eigenvalue weighted by Gasteiger charge is 2.28. The van der Waals surface area contributed by atoms with Gasteiger partial charge in [-0.15, -0.1) is 0 Å². The summed E-state index contributed by atoms with van der Waals surface area (Å²) in [5.74, 6) is -0.983. The topological polar surface area (TPSA) is 105 Å². The minimum atomic E-state index is -1.03. The first kappa shape index (κ1) is 14.4. The number of nitrogens with zero attached hydrogens (tertiary/aromatic N) is 2. The number of hydrogen-bond acceptors (Lipinski definition) is 5. The van der Waals surface area contributed by atoms with Gasteiger partial charge in [-0.1, -0.05) is 0 Å². The van der Waals surface area contributed by atoms with Gasteiger partial charge in [0.05, 0.1) is 14.8 Å². The molecule has 1 rings (SSSR count). The lowest BCUT2D eigenvalue weighted by atomic mass is 9.94. The number of halogens is 1. The van der Waals surface area contributed by atoms with Crippen LogP contribution in [0.25, 0.3) is 0 Å². The third-order valence-corrected chi connectivity index (χ3v) is 2.96. The van der Waals surface area contributed by atoms with Crippen LogP contribution in [-0.4, -0.2) is 27.5 Å². The second kappa shape index (κ2) is 5.30. The van der Waals surface area contributed by atoms with Gasteiger partial charge < -0.3 is 10.4 Å². The third-order valence-electron chi connectivity index (χ3n) is 2.36. The van der Waals surface area contributed by atoms with Crippen molar-refractivity contribution in [3.63, 3.8) is 0 Å². The number of pyridine rings is 1. The van der Waals surface area contributed by atoms with Gasteiger partial charge in [0.1, 0.15) is 11.9 Å². The van der Waals surface area contributed by atoms with Crippen LogP contribution < -0.4 is 5.32 Å². The zero-order valence-electron chi connectivity index (χ0n) is 9.81. The zero-order chi connectivity index (χ0) is 13.9. The van der Waals surface area contributed by atoms with E-state index in [1.54, 1.807) is 0 Å². The van der Waals surface area contributed by atoms with Gasteiger partial charge in [0, 0.05) is 12.7 Å². The summed E-state index contributed by atoms with van der Waals surface area (Å²) in [5.41, 5.74) is -1.01. The minimum Gasteiger partial charge on any atom is -0.481 e. The van der Waals surface area contributed by atoms with Crippen LogP contribution in [0.2, 0.25) is 0 Å². The fourth-order valence-corrected chi connectivity index (χ4v) is 1.58. The first-order valence-electron chi connectivity index (χ1n) is 5.01. The molecule has 0 bridgehead atoms. The van der Waals surface area contributed by atoms with Crippen molar-refractivity contribution in [2.45, 2.75) is 13.8 Å². The monoisotopic (exact) mass is 317 g/mol. The molecule has 7 nitrogen and oxygen atoms in total. The van der Waals surface area contributed by atoms with Crippen molar-refractivity contribution >= 4 is 33.3 Å². The van der Waals surface area contributed by atoms with Gasteiger partial charge in [0.25, 0.3) is 0 Å². The number of rotatable bonds is 5. The molecule has 0 amide bonds. The predicted octanol–water partition coefficient (Wildman–Crippen LogP) is 2.27. The number of nitrogens with one attached hydrogen (secondary N) is 1. The predicted molar refractivity (Wildman–Crippen MR) is 68.5 cm³/mol. The van der Waals surface area contributed by atoms with Crippen LogP contribution in [-0.2, 0) is 4.79 Å². The molecule has 0 aromatic carbocycles. The first-order chi connectivity index (χ1) is 8.25. The molecule has 8 heteroatoms. The van der Waals surface area contributed by atoms with E-state index < -0.39 is 16.3 Å². The van der Waals surface area contributed by atoms with Crippen molar-refractivity contribution in [3.8, 4) is 0 Å². The van der Waals surface area contributed by atoms with E-state index >= 15 is 0 Å². The smallest absolute Gasteiger partial charge is 0.311 e. The van der Waals surface area contributed by atoms with Gasteiger partial charge in [-0.3, -0.25) is 19.9 Å². The van der Waals surface area contributed by atoms with Gasteiger partial charge >= 0.3 is 11.7 Å². The molecule has 98 valence electrons. The Morgan fingerprint density at radius 2 is 2.22 bits per heavy atom. The third kappa shape index (κ3) is 3.16. The molecule has 0 spiro atoms. The Hall–Kier alpha value is -1.70. The normalized spacial score (nSPS) is 11.1. The summed E-state index contributed by atoms with van der Waals surface area (Å²) in [6.45, 7) is 3.12. The fourth-order valence-electron chi connectivity index (χ4n) is 1.12. The van der Waals surface area contributed by atoms with Crippen LogP contribution in [0.1, 0.15) is 13.8 Å². The van der Waals surface area contributed by atoms with E-state index in [9.17, 15) is 14.9 Å². The van der Waals surface area contributed by atoms with Crippen LogP contribution in [0.15, 0.2) is 16.9 Å². The maximum atomic E-state index is 10.9. The van der Waals surface area contributed by atoms with E-state index in [2.05, 4.69) is 26.2 Å². The first-order valence-corrected chi connectivity index (χ1v) is 5.80. The molecular weight excluding hydrogens is 306 g/mol. The average Bonchev–Trinajstić information content (AvgIpc) is 2.26. The highest BCUT2D eigenvalue weighted by molar-refractivity contribution is 9.10. The van der Waals surface area contributed by atoms with E-state index in [-0.39, 0.29) is 17.9 Å². The molecule has 0 fully saturated rings. The van der Waals surface area contributed by atoms with E-state index in [4.69, 9.17) is 5.11 Å². The van der Waals surface area contributed by atoms with Gasteiger partial charge in [-0.25, -0.2) is 0 Å². The lowest BCUT2D eigenvalue weighted by Gasteiger charge is -2.20. The van der Waals surface area contributed by atoms with Crippen molar-refractivity contribution < 1.29 is 14.8 Å². The molecule has 0 unspecified atom stereocenters. The van der Waals surface area contributed by atoms with Crippen molar-refractivity contribution in [3.05, 3.63) is 27.0 Å². The van der Waals surface area contributed by atoms with E-state index in [1.807, 2.05) is 0 Å². The highest BCUT2D eigenvalue weighted by Crippen LogP contribution is 2.32. The number of hydrogen-bond donors (Lipinski definition) is 2. The number of carboxylic acid groups (broad SMARTS) is 1.